The highest BCUT2D eigenvalue weighted by Crippen LogP contribution is 2.42. The number of hydrogen-bond acceptors (Lipinski definition) is 1. The molecular formula is C16H33N. The van der Waals surface area contributed by atoms with E-state index in [1.807, 2.05) is 0 Å². The van der Waals surface area contributed by atoms with Gasteiger partial charge in [-0.05, 0) is 50.0 Å². The van der Waals surface area contributed by atoms with E-state index < -0.39 is 0 Å². The summed E-state index contributed by atoms with van der Waals surface area (Å²) in [6.07, 6.45) is 12.8. The maximum atomic E-state index is 3.70. The van der Waals surface area contributed by atoms with E-state index in [2.05, 4.69) is 26.1 Å². The van der Waals surface area contributed by atoms with Gasteiger partial charge in [-0.15, -0.1) is 0 Å². The second kappa shape index (κ2) is 8.13. The Morgan fingerprint density at radius 3 is 2.00 bits per heavy atom. The summed E-state index contributed by atoms with van der Waals surface area (Å²) in [6, 6.07) is 0. The fourth-order valence-corrected chi connectivity index (χ4v) is 3.63. The molecule has 17 heavy (non-hydrogen) atoms. The predicted octanol–water partition coefficient (Wildman–Crippen LogP) is 4.76. The van der Waals surface area contributed by atoms with Crippen LogP contribution in [-0.4, -0.2) is 13.1 Å². The zero-order valence-electron chi connectivity index (χ0n) is 12.4. The standard InChI is InChI=1S/C16H33N/c1-4-13-17-14-16(5-2,6-3)15-11-9-7-8-10-12-15/h15,17H,4-14H2,1-3H3. The van der Waals surface area contributed by atoms with Gasteiger partial charge in [-0.2, -0.15) is 0 Å². The zero-order valence-corrected chi connectivity index (χ0v) is 12.4. The molecule has 0 bridgehead atoms. The van der Waals surface area contributed by atoms with Gasteiger partial charge < -0.3 is 5.32 Å². The van der Waals surface area contributed by atoms with Crippen molar-refractivity contribution in [3.05, 3.63) is 0 Å². The average molecular weight is 239 g/mol. The molecule has 0 unspecified atom stereocenters. The second-order valence-corrected chi connectivity index (χ2v) is 5.93. The van der Waals surface area contributed by atoms with Crippen molar-refractivity contribution in [1.82, 2.24) is 5.32 Å². The number of nitrogens with one attached hydrogen (secondary N) is 1. The van der Waals surface area contributed by atoms with Crippen molar-refractivity contribution >= 4 is 0 Å². The maximum absolute atomic E-state index is 3.70. The summed E-state index contributed by atoms with van der Waals surface area (Å²) in [5, 5.41) is 3.70. The van der Waals surface area contributed by atoms with Crippen LogP contribution in [0.1, 0.15) is 78.6 Å². The molecule has 1 aliphatic carbocycles. The van der Waals surface area contributed by atoms with Gasteiger partial charge in [0.15, 0.2) is 0 Å². The second-order valence-electron chi connectivity index (χ2n) is 5.93. The molecule has 102 valence electrons. The first-order valence-corrected chi connectivity index (χ1v) is 7.99. The Morgan fingerprint density at radius 1 is 0.941 bits per heavy atom. The summed E-state index contributed by atoms with van der Waals surface area (Å²) in [6.45, 7) is 9.51. The van der Waals surface area contributed by atoms with Gasteiger partial charge in [0.25, 0.3) is 0 Å². The lowest BCUT2D eigenvalue weighted by molar-refractivity contribution is 0.122. The van der Waals surface area contributed by atoms with Crippen LogP contribution in [0.15, 0.2) is 0 Å². The van der Waals surface area contributed by atoms with Crippen LogP contribution in [0.4, 0.5) is 0 Å². The molecule has 1 nitrogen and oxygen atoms in total. The molecule has 0 amide bonds. The fraction of sp³-hybridized carbons (Fsp3) is 1.00. The molecular weight excluding hydrogens is 206 g/mol. The molecule has 0 saturated heterocycles. The lowest BCUT2D eigenvalue weighted by Crippen LogP contribution is -2.40. The summed E-state index contributed by atoms with van der Waals surface area (Å²) < 4.78 is 0. The summed E-state index contributed by atoms with van der Waals surface area (Å²) in [4.78, 5) is 0. The van der Waals surface area contributed by atoms with Gasteiger partial charge in [0.2, 0.25) is 0 Å². The monoisotopic (exact) mass is 239 g/mol. The Hall–Kier alpha value is -0.0400. The van der Waals surface area contributed by atoms with E-state index in [-0.39, 0.29) is 0 Å². The predicted molar refractivity (Wildman–Crippen MR) is 77.4 cm³/mol. The van der Waals surface area contributed by atoms with Crippen LogP contribution in [0.3, 0.4) is 0 Å². The highest BCUT2D eigenvalue weighted by Gasteiger charge is 2.34. The molecule has 1 heteroatoms. The van der Waals surface area contributed by atoms with Crippen LogP contribution >= 0.6 is 0 Å². The Bertz CT molecular complexity index is 176. The van der Waals surface area contributed by atoms with E-state index >= 15 is 0 Å². The minimum atomic E-state index is 0.583. The van der Waals surface area contributed by atoms with Gasteiger partial charge >= 0.3 is 0 Å². The van der Waals surface area contributed by atoms with Gasteiger partial charge in [0.05, 0.1) is 0 Å². The molecule has 1 saturated carbocycles. The van der Waals surface area contributed by atoms with Crippen molar-refractivity contribution in [2.45, 2.75) is 78.6 Å². The molecule has 0 aromatic carbocycles. The quantitative estimate of drug-likeness (QED) is 0.499. The SMILES string of the molecule is CCCNCC(CC)(CC)C1CCCCCC1. The third-order valence-electron chi connectivity index (χ3n) is 5.03. The molecule has 1 N–H and O–H groups in total. The first-order valence-electron chi connectivity index (χ1n) is 7.99. The molecule has 1 rings (SSSR count). The van der Waals surface area contributed by atoms with Gasteiger partial charge in [-0.25, -0.2) is 0 Å². The van der Waals surface area contributed by atoms with Crippen LogP contribution in [-0.2, 0) is 0 Å². The molecule has 0 heterocycles. The van der Waals surface area contributed by atoms with Crippen molar-refractivity contribution in [2.75, 3.05) is 13.1 Å². The van der Waals surface area contributed by atoms with E-state index in [4.69, 9.17) is 0 Å². The lowest BCUT2D eigenvalue weighted by Gasteiger charge is -2.40. The average Bonchev–Trinajstić information content (AvgIpc) is 2.64. The third-order valence-corrected chi connectivity index (χ3v) is 5.03. The normalized spacial score (nSPS) is 19.2. The van der Waals surface area contributed by atoms with Gasteiger partial charge in [-0.1, -0.05) is 46.5 Å². The lowest BCUT2D eigenvalue weighted by atomic mass is 9.68. The van der Waals surface area contributed by atoms with Crippen molar-refractivity contribution in [2.24, 2.45) is 11.3 Å². The molecule has 1 fully saturated rings. The van der Waals surface area contributed by atoms with Crippen molar-refractivity contribution < 1.29 is 0 Å². The van der Waals surface area contributed by atoms with Crippen molar-refractivity contribution in [3.63, 3.8) is 0 Å². The fourth-order valence-electron chi connectivity index (χ4n) is 3.63. The summed E-state index contributed by atoms with van der Waals surface area (Å²) in [5.41, 5.74) is 0.583. The number of rotatable bonds is 7. The minimum absolute atomic E-state index is 0.583. The largest absolute Gasteiger partial charge is 0.316 e. The molecule has 0 atom stereocenters. The van der Waals surface area contributed by atoms with Gasteiger partial charge in [0, 0.05) is 6.54 Å². The summed E-state index contributed by atoms with van der Waals surface area (Å²) in [7, 11) is 0. The zero-order chi connectivity index (χ0) is 12.6. The molecule has 1 aliphatic rings. The van der Waals surface area contributed by atoms with Crippen LogP contribution in [0, 0.1) is 11.3 Å². The topological polar surface area (TPSA) is 12.0 Å². The van der Waals surface area contributed by atoms with Crippen molar-refractivity contribution in [3.8, 4) is 0 Å². The van der Waals surface area contributed by atoms with Gasteiger partial charge in [0.1, 0.15) is 0 Å². The van der Waals surface area contributed by atoms with E-state index in [0.29, 0.717) is 5.41 Å². The van der Waals surface area contributed by atoms with Crippen LogP contribution in [0.2, 0.25) is 0 Å². The van der Waals surface area contributed by atoms with E-state index in [1.165, 1.54) is 70.9 Å². The molecule has 0 aromatic heterocycles. The highest BCUT2D eigenvalue weighted by molar-refractivity contribution is 4.87. The van der Waals surface area contributed by atoms with E-state index in [0.717, 1.165) is 5.92 Å². The Kier molecular flexibility index (Phi) is 7.18. The maximum Gasteiger partial charge on any atom is 0.00103 e. The Labute approximate surface area is 109 Å². The van der Waals surface area contributed by atoms with Crippen LogP contribution < -0.4 is 5.32 Å². The molecule has 0 aliphatic heterocycles. The third kappa shape index (κ3) is 4.28. The van der Waals surface area contributed by atoms with E-state index in [9.17, 15) is 0 Å². The van der Waals surface area contributed by atoms with E-state index in [1.54, 1.807) is 0 Å². The van der Waals surface area contributed by atoms with Crippen LogP contribution in [0.5, 0.6) is 0 Å². The minimum Gasteiger partial charge on any atom is -0.316 e. The molecule has 0 radical (unpaired) electrons. The summed E-state index contributed by atoms with van der Waals surface area (Å²) >= 11 is 0. The first-order chi connectivity index (χ1) is 8.29. The summed E-state index contributed by atoms with van der Waals surface area (Å²) in [5.74, 6) is 0.976. The molecule has 0 aromatic rings. The Balaban J connectivity index is 2.59. The first kappa shape index (κ1) is 15.0. The highest BCUT2D eigenvalue weighted by atomic mass is 14.9. The number of hydrogen-bond donors (Lipinski definition) is 1. The molecule has 0 spiro atoms. The van der Waals surface area contributed by atoms with Gasteiger partial charge in [-0.3, -0.25) is 0 Å². The van der Waals surface area contributed by atoms with Crippen molar-refractivity contribution in [1.29, 1.82) is 0 Å². The Morgan fingerprint density at radius 2 is 1.53 bits per heavy atom. The smallest absolute Gasteiger partial charge is 0.00103 e. The van der Waals surface area contributed by atoms with Crippen LogP contribution in [0.25, 0.3) is 0 Å².